The number of aliphatic imine (C=N–C) groups is 1. The summed E-state index contributed by atoms with van der Waals surface area (Å²) in [6.45, 7) is 1.99. The lowest BCUT2D eigenvalue weighted by Gasteiger charge is -2.12. The van der Waals surface area contributed by atoms with E-state index in [2.05, 4.69) is 32.9 Å². The second kappa shape index (κ2) is 12.1. The Morgan fingerprint density at radius 1 is 1.21 bits per heavy atom. The average Bonchev–Trinajstić information content (AvgIpc) is 3.11. The van der Waals surface area contributed by atoms with Gasteiger partial charge < -0.3 is 15.4 Å². The molecule has 2 rings (SSSR count). The van der Waals surface area contributed by atoms with Crippen LogP contribution < -0.4 is 15.4 Å². The fraction of sp³-hybridized carbons (Fsp3) is 0.444. The van der Waals surface area contributed by atoms with Crippen LogP contribution in [0.3, 0.4) is 0 Å². The summed E-state index contributed by atoms with van der Waals surface area (Å²) >= 11 is 1.67. The normalized spacial score (nSPS) is 11.7. The van der Waals surface area contributed by atoms with Crippen molar-refractivity contribution in [2.24, 2.45) is 4.99 Å². The lowest BCUT2D eigenvalue weighted by atomic mass is 10.2. The van der Waals surface area contributed by atoms with Crippen LogP contribution in [0.4, 0.5) is 13.2 Å². The van der Waals surface area contributed by atoms with Gasteiger partial charge in [-0.1, -0.05) is 19.1 Å². The zero-order valence-electron chi connectivity index (χ0n) is 15.7. The molecule has 0 atom stereocenters. The number of aryl methyl sites for hydroxylation is 1. The molecule has 0 aliphatic rings. The summed E-state index contributed by atoms with van der Waals surface area (Å²) in [4.78, 5) is 8.68. The number of rotatable bonds is 8. The van der Waals surface area contributed by atoms with Gasteiger partial charge in [0.15, 0.2) is 12.6 Å². The third-order valence-electron chi connectivity index (χ3n) is 3.58. The molecule has 0 radical (unpaired) electrons. The Morgan fingerprint density at radius 3 is 2.50 bits per heavy atom. The summed E-state index contributed by atoms with van der Waals surface area (Å²) in [5.41, 5.74) is 1.97. The van der Waals surface area contributed by atoms with Gasteiger partial charge in [-0.3, -0.25) is 4.99 Å². The molecule has 1 heterocycles. The lowest BCUT2D eigenvalue weighted by molar-refractivity contribution is -0.153. The van der Waals surface area contributed by atoms with Gasteiger partial charge in [-0.15, -0.1) is 35.3 Å². The minimum atomic E-state index is -4.34. The smallest absolute Gasteiger partial charge is 0.422 e. The van der Waals surface area contributed by atoms with Crippen LogP contribution in [0, 0.1) is 0 Å². The molecule has 0 bridgehead atoms. The first-order valence-electron chi connectivity index (χ1n) is 8.56. The van der Waals surface area contributed by atoms with Crippen LogP contribution in [0.5, 0.6) is 5.75 Å². The molecule has 0 unspecified atom stereocenters. The third kappa shape index (κ3) is 9.09. The van der Waals surface area contributed by atoms with Crippen molar-refractivity contribution in [1.82, 2.24) is 15.6 Å². The molecular weight excluding hydrogens is 504 g/mol. The summed E-state index contributed by atoms with van der Waals surface area (Å²) < 4.78 is 41.1. The molecule has 0 saturated carbocycles. The Kier molecular flexibility index (Phi) is 10.6. The lowest BCUT2D eigenvalue weighted by Crippen LogP contribution is -2.37. The Labute approximate surface area is 183 Å². The maximum atomic E-state index is 12.1. The van der Waals surface area contributed by atoms with Crippen LogP contribution in [0.25, 0.3) is 0 Å². The van der Waals surface area contributed by atoms with E-state index in [1.54, 1.807) is 30.5 Å². The summed E-state index contributed by atoms with van der Waals surface area (Å²) in [5, 5.41) is 9.58. The summed E-state index contributed by atoms with van der Waals surface area (Å²) in [7, 11) is 1.68. The van der Waals surface area contributed by atoms with Crippen molar-refractivity contribution < 1.29 is 17.9 Å². The van der Waals surface area contributed by atoms with Gasteiger partial charge in [-0.25, -0.2) is 4.98 Å². The molecular formula is C18H24F3IN4OS. The first-order valence-corrected chi connectivity index (χ1v) is 9.44. The van der Waals surface area contributed by atoms with E-state index in [0.717, 1.165) is 29.1 Å². The van der Waals surface area contributed by atoms with Crippen LogP contribution in [-0.2, 0) is 19.4 Å². The van der Waals surface area contributed by atoms with Crippen LogP contribution in [0.2, 0.25) is 0 Å². The van der Waals surface area contributed by atoms with E-state index in [4.69, 9.17) is 4.74 Å². The van der Waals surface area contributed by atoms with E-state index in [1.165, 1.54) is 12.1 Å². The van der Waals surface area contributed by atoms with E-state index in [0.29, 0.717) is 19.0 Å². The number of benzene rings is 1. The average molecular weight is 528 g/mol. The molecule has 2 N–H and O–H groups in total. The van der Waals surface area contributed by atoms with Gasteiger partial charge in [0.05, 0.1) is 10.7 Å². The van der Waals surface area contributed by atoms with Crippen molar-refractivity contribution in [1.29, 1.82) is 0 Å². The first-order chi connectivity index (χ1) is 12.9. The predicted octanol–water partition coefficient (Wildman–Crippen LogP) is 4.17. The van der Waals surface area contributed by atoms with Crippen LogP contribution >= 0.6 is 35.3 Å². The fourth-order valence-corrected chi connectivity index (χ4v) is 2.99. The Hall–Kier alpha value is -1.56. The monoisotopic (exact) mass is 528 g/mol. The molecule has 0 spiro atoms. The number of thiazole rings is 1. The van der Waals surface area contributed by atoms with E-state index in [1.807, 2.05) is 0 Å². The number of alkyl halides is 3. The van der Waals surface area contributed by atoms with Crippen LogP contribution in [0.15, 0.2) is 34.6 Å². The number of hydrogen-bond donors (Lipinski definition) is 2. The third-order valence-corrected chi connectivity index (χ3v) is 4.63. The highest BCUT2D eigenvalue weighted by molar-refractivity contribution is 14.0. The van der Waals surface area contributed by atoms with Crippen molar-refractivity contribution >= 4 is 41.3 Å². The molecule has 5 nitrogen and oxygen atoms in total. The molecule has 1 aromatic heterocycles. The number of nitrogens with one attached hydrogen (secondary N) is 2. The predicted molar refractivity (Wildman–Crippen MR) is 117 cm³/mol. The zero-order chi connectivity index (χ0) is 19.7. The van der Waals surface area contributed by atoms with Gasteiger partial charge in [0.2, 0.25) is 0 Å². The van der Waals surface area contributed by atoms with Gasteiger partial charge in [0.25, 0.3) is 0 Å². The summed E-state index contributed by atoms with van der Waals surface area (Å²) in [6.07, 6.45) is -2.58. The van der Waals surface area contributed by atoms with Crippen LogP contribution in [0.1, 0.15) is 23.2 Å². The number of hydrogen-bond acceptors (Lipinski definition) is 4. The maximum absolute atomic E-state index is 12.1. The van der Waals surface area contributed by atoms with E-state index in [9.17, 15) is 13.2 Å². The highest BCUT2D eigenvalue weighted by atomic mass is 127. The SMILES string of the molecule is CCc1nc(CCNC(=NC)NCc2ccc(OCC(F)(F)F)cc2)cs1.I. The minimum Gasteiger partial charge on any atom is -0.484 e. The van der Waals surface area contributed by atoms with Gasteiger partial charge in [-0.2, -0.15) is 13.2 Å². The number of aromatic nitrogens is 1. The molecule has 0 aliphatic carbocycles. The fourth-order valence-electron chi connectivity index (χ4n) is 2.21. The van der Waals surface area contributed by atoms with Gasteiger partial charge >= 0.3 is 6.18 Å². The molecule has 156 valence electrons. The number of guanidine groups is 1. The first kappa shape index (κ1) is 24.5. The maximum Gasteiger partial charge on any atom is 0.422 e. The van der Waals surface area contributed by atoms with E-state index < -0.39 is 12.8 Å². The molecule has 0 saturated heterocycles. The summed E-state index contributed by atoms with van der Waals surface area (Å²) in [5.74, 6) is 0.839. The van der Waals surface area contributed by atoms with Crippen molar-refractivity contribution in [3.05, 3.63) is 45.9 Å². The minimum absolute atomic E-state index is 0. The largest absolute Gasteiger partial charge is 0.484 e. The van der Waals surface area contributed by atoms with Crippen molar-refractivity contribution in [3.63, 3.8) is 0 Å². The van der Waals surface area contributed by atoms with Gasteiger partial charge in [0.1, 0.15) is 5.75 Å². The number of ether oxygens (including phenoxy) is 1. The van der Waals surface area contributed by atoms with Crippen molar-refractivity contribution in [3.8, 4) is 5.75 Å². The Morgan fingerprint density at radius 2 is 1.93 bits per heavy atom. The van der Waals surface area contributed by atoms with Crippen LogP contribution in [-0.4, -0.2) is 37.3 Å². The highest BCUT2D eigenvalue weighted by Crippen LogP contribution is 2.18. The topological polar surface area (TPSA) is 58.5 Å². The second-order valence-electron chi connectivity index (χ2n) is 5.74. The molecule has 2 aromatic rings. The molecule has 10 heteroatoms. The highest BCUT2D eigenvalue weighted by Gasteiger charge is 2.28. The van der Waals surface area contributed by atoms with Crippen molar-refractivity contribution in [2.45, 2.75) is 32.5 Å². The molecule has 0 amide bonds. The second-order valence-corrected chi connectivity index (χ2v) is 6.68. The zero-order valence-corrected chi connectivity index (χ0v) is 18.8. The molecule has 28 heavy (non-hydrogen) atoms. The van der Waals surface area contributed by atoms with E-state index in [-0.39, 0.29) is 29.7 Å². The van der Waals surface area contributed by atoms with Gasteiger partial charge in [0, 0.05) is 31.9 Å². The standard InChI is InChI=1S/C18H23F3N4OS.HI/c1-3-16-25-14(11-27-16)8-9-23-17(22-2)24-10-13-4-6-15(7-5-13)26-12-18(19,20)21;/h4-7,11H,3,8-10,12H2,1-2H3,(H2,22,23,24);1H. The van der Waals surface area contributed by atoms with Gasteiger partial charge in [-0.05, 0) is 24.1 Å². The Bertz CT molecular complexity index is 735. The Balaban J connectivity index is 0.00000392. The molecule has 0 fully saturated rings. The van der Waals surface area contributed by atoms with E-state index >= 15 is 0 Å². The number of halogens is 4. The molecule has 0 aliphatic heterocycles. The quantitative estimate of drug-likeness (QED) is 0.307. The van der Waals surface area contributed by atoms with Crippen molar-refractivity contribution in [2.75, 3.05) is 20.2 Å². The molecule has 1 aromatic carbocycles. The summed E-state index contributed by atoms with van der Waals surface area (Å²) in [6, 6.07) is 6.47. The number of nitrogens with zero attached hydrogens (tertiary/aromatic N) is 2.